The number of carbonyl (C=O) groups excluding carboxylic acids is 1. The third kappa shape index (κ3) is 2.87. The molecule has 0 radical (unpaired) electrons. The van der Waals surface area contributed by atoms with Crippen molar-refractivity contribution in [2.45, 2.75) is 18.9 Å². The Morgan fingerprint density at radius 1 is 1.67 bits per heavy atom. The summed E-state index contributed by atoms with van der Waals surface area (Å²) in [5.74, 6) is 0.166. The summed E-state index contributed by atoms with van der Waals surface area (Å²) < 4.78 is 0. The summed E-state index contributed by atoms with van der Waals surface area (Å²) in [5, 5.41) is 11.4. The van der Waals surface area contributed by atoms with Gasteiger partial charge in [-0.15, -0.1) is 11.3 Å². The molecule has 82 valence electrons. The van der Waals surface area contributed by atoms with Gasteiger partial charge in [-0.1, -0.05) is 6.07 Å². The Bertz CT molecular complexity index is 323. The fourth-order valence-corrected chi connectivity index (χ4v) is 2.55. The molecule has 0 spiro atoms. The first kappa shape index (κ1) is 10.8. The number of β-amino-alcohol motifs (C(OH)–C–C–N with tert-alkyl or cyclic N) is 1. The first-order chi connectivity index (χ1) is 7.25. The van der Waals surface area contributed by atoms with Gasteiger partial charge in [-0.25, -0.2) is 0 Å². The number of nitrogens with zero attached hydrogens (tertiary/aromatic N) is 1. The van der Waals surface area contributed by atoms with Crippen molar-refractivity contribution >= 4 is 17.1 Å². The zero-order chi connectivity index (χ0) is 10.7. The highest BCUT2D eigenvalue weighted by molar-refractivity contribution is 7.12. The average Bonchev–Trinajstić information content (AvgIpc) is 2.70. The van der Waals surface area contributed by atoms with Crippen LogP contribution in [0.15, 0.2) is 17.5 Å². The molecular weight excluding hydrogens is 210 g/mol. The van der Waals surface area contributed by atoms with Gasteiger partial charge in [0.1, 0.15) is 0 Å². The van der Waals surface area contributed by atoms with Crippen molar-refractivity contribution in [1.82, 2.24) is 4.90 Å². The highest BCUT2D eigenvalue weighted by Gasteiger charge is 2.20. The molecule has 0 aliphatic carbocycles. The number of hydrogen-bond donors (Lipinski definition) is 1. The molecule has 0 aromatic carbocycles. The molecule has 1 aliphatic rings. The molecule has 1 unspecified atom stereocenters. The average molecular weight is 225 g/mol. The normalized spacial score (nSPS) is 22.9. The molecule has 15 heavy (non-hydrogen) atoms. The molecule has 1 aliphatic heterocycles. The van der Waals surface area contributed by atoms with Crippen molar-refractivity contribution in [2.24, 2.45) is 0 Å². The van der Waals surface area contributed by atoms with Crippen LogP contribution in [-0.4, -0.2) is 41.5 Å². The van der Waals surface area contributed by atoms with Crippen molar-refractivity contribution in [3.63, 3.8) is 0 Å². The highest BCUT2D eigenvalue weighted by Crippen LogP contribution is 2.13. The van der Waals surface area contributed by atoms with Crippen LogP contribution in [0.5, 0.6) is 0 Å². The molecule has 1 atom stereocenters. The van der Waals surface area contributed by atoms with E-state index in [1.54, 1.807) is 0 Å². The Labute approximate surface area is 93.3 Å². The summed E-state index contributed by atoms with van der Waals surface area (Å²) in [6.45, 7) is 2.00. The zero-order valence-corrected chi connectivity index (χ0v) is 9.37. The van der Waals surface area contributed by atoms with Crippen LogP contribution >= 0.6 is 11.3 Å². The van der Waals surface area contributed by atoms with E-state index in [1.165, 1.54) is 11.3 Å². The molecule has 0 bridgehead atoms. The molecule has 1 saturated heterocycles. The molecule has 1 aromatic rings. The van der Waals surface area contributed by atoms with E-state index in [4.69, 9.17) is 0 Å². The van der Waals surface area contributed by atoms with Crippen molar-refractivity contribution in [3.05, 3.63) is 22.4 Å². The lowest BCUT2D eigenvalue weighted by Crippen LogP contribution is -2.40. The summed E-state index contributed by atoms with van der Waals surface area (Å²) in [5.41, 5.74) is 0. The van der Waals surface area contributed by atoms with Crippen LogP contribution in [0.4, 0.5) is 0 Å². The lowest BCUT2D eigenvalue weighted by atomic mass is 10.1. The standard InChI is InChI=1S/C11H15NO2S/c13-9-3-1-5-12(7-9)8-10(14)11-4-2-6-15-11/h2,4,6,9,13H,1,3,5,7-8H2. The van der Waals surface area contributed by atoms with Crippen LogP contribution in [-0.2, 0) is 0 Å². The number of likely N-dealkylation sites (tertiary alicyclic amines) is 1. The number of thiophene rings is 1. The number of rotatable bonds is 3. The summed E-state index contributed by atoms with van der Waals surface area (Å²) in [6.07, 6.45) is 1.60. The number of ketones is 1. The summed E-state index contributed by atoms with van der Waals surface area (Å²) >= 11 is 1.48. The summed E-state index contributed by atoms with van der Waals surface area (Å²) in [7, 11) is 0. The van der Waals surface area contributed by atoms with E-state index in [0.717, 1.165) is 24.3 Å². The maximum absolute atomic E-state index is 11.8. The van der Waals surface area contributed by atoms with Crippen LogP contribution in [0, 0.1) is 0 Å². The van der Waals surface area contributed by atoms with Crippen LogP contribution in [0.25, 0.3) is 0 Å². The number of hydrogen-bond acceptors (Lipinski definition) is 4. The molecular formula is C11H15NO2S. The Morgan fingerprint density at radius 2 is 2.53 bits per heavy atom. The fourth-order valence-electron chi connectivity index (χ4n) is 1.89. The van der Waals surface area contributed by atoms with E-state index in [0.29, 0.717) is 13.1 Å². The molecule has 0 amide bonds. The van der Waals surface area contributed by atoms with Crippen LogP contribution in [0.1, 0.15) is 22.5 Å². The largest absolute Gasteiger partial charge is 0.392 e. The quantitative estimate of drug-likeness (QED) is 0.790. The van der Waals surface area contributed by atoms with E-state index in [2.05, 4.69) is 0 Å². The van der Waals surface area contributed by atoms with Crippen molar-refractivity contribution < 1.29 is 9.90 Å². The first-order valence-corrected chi connectivity index (χ1v) is 6.11. The second-order valence-corrected chi connectivity index (χ2v) is 4.88. The lowest BCUT2D eigenvalue weighted by molar-refractivity contribution is 0.0636. The number of carbonyl (C=O) groups is 1. The Balaban J connectivity index is 1.89. The smallest absolute Gasteiger partial charge is 0.186 e. The second kappa shape index (κ2) is 4.88. The molecule has 0 saturated carbocycles. The van der Waals surface area contributed by atoms with Crippen LogP contribution in [0.2, 0.25) is 0 Å². The molecule has 4 heteroatoms. The van der Waals surface area contributed by atoms with Crippen LogP contribution in [0.3, 0.4) is 0 Å². The third-order valence-electron chi connectivity index (χ3n) is 2.64. The second-order valence-electron chi connectivity index (χ2n) is 3.93. The Morgan fingerprint density at radius 3 is 3.20 bits per heavy atom. The van der Waals surface area contributed by atoms with Gasteiger partial charge in [0.2, 0.25) is 0 Å². The minimum atomic E-state index is -0.255. The van der Waals surface area contributed by atoms with Gasteiger partial charge < -0.3 is 5.11 Å². The van der Waals surface area contributed by atoms with E-state index >= 15 is 0 Å². The van der Waals surface area contributed by atoms with Gasteiger partial charge in [0.15, 0.2) is 5.78 Å². The number of piperidine rings is 1. The predicted octanol–water partition coefficient (Wildman–Crippen LogP) is 1.39. The molecule has 1 fully saturated rings. The molecule has 2 heterocycles. The van der Waals surface area contributed by atoms with Crippen molar-refractivity contribution in [1.29, 1.82) is 0 Å². The van der Waals surface area contributed by atoms with E-state index in [9.17, 15) is 9.90 Å². The van der Waals surface area contributed by atoms with Gasteiger partial charge in [0, 0.05) is 6.54 Å². The van der Waals surface area contributed by atoms with Gasteiger partial charge in [-0.2, -0.15) is 0 Å². The van der Waals surface area contributed by atoms with Gasteiger partial charge >= 0.3 is 0 Å². The molecule has 1 aromatic heterocycles. The van der Waals surface area contributed by atoms with E-state index in [1.807, 2.05) is 22.4 Å². The number of aliphatic hydroxyl groups is 1. The fraction of sp³-hybridized carbons (Fsp3) is 0.545. The van der Waals surface area contributed by atoms with Crippen molar-refractivity contribution in [3.8, 4) is 0 Å². The van der Waals surface area contributed by atoms with Gasteiger partial charge in [-0.05, 0) is 30.8 Å². The zero-order valence-electron chi connectivity index (χ0n) is 8.56. The molecule has 2 rings (SSSR count). The molecule has 1 N–H and O–H groups in total. The minimum Gasteiger partial charge on any atom is -0.392 e. The van der Waals surface area contributed by atoms with Gasteiger partial charge in [-0.3, -0.25) is 9.69 Å². The maximum Gasteiger partial charge on any atom is 0.186 e. The highest BCUT2D eigenvalue weighted by atomic mass is 32.1. The van der Waals surface area contributed by atoms with E-state index < -0.39 is 0 Å². The first-order valence-electron chi connectivity index (χ1n) is 5.23. The van der Waals surface area contributed by atoms with Crippen molar-refractivity contribution in [2.75, 3.05) is 19.6 Å². The number of Topliss-reactive ketones (excluding diaryl/α,β-unsaturated/α-hetero) is 1. The topological polar surface area (TPSA) is 40.5 Å². The third-order valence-corrected chi connectivity index (χ3v) is 3.55. The van der Waals surface area contributed by atoms with Gasteiger partial charge in [0.25, 0.3) is 0 Å². The Kier molecular flexibility index (Phi) is 3.51. The monoisotopic (exact) mass is 225 g/mol. The minimum absolute atomic E-state index is 0.166. The predicted molar refractivity (Wildman–Crippen MR) is 60.3 cm³/mol. The number of aliphatic hydroxyl groups excluding tert-OH is 1. The van der Waals surface area contributed by atoms with E-state index in [-0.39, 0.29) is 11.9 Å². The Hall–Kier alpha value is -0.710. The SMILES string of the molecule is O=C(CN1CCCC(O)C1)c1cccs1. The molecule has 3 nitrogen and oxygen atoms in total. The van der Waals surface area contributed by atoms with Gasteiger partial charge in [0.05, 0.1) is 17.5 Å². The summed E-state index contributed by atoms with van der Waals surface area (Å²) in [6, 6.07) is 3.75. The maximum atomic E-state index is 11.8. The lowest BCUT2D eigenvalue weighted by Gasteiger charge is -2.29. The van der Waals surface area contributed by atoms with Crippen LogP contribution < -0.4 is 0 Å². The summed E-state index contributed by atoms with van der Waals surface area (Å²) in [4.78, 5) is 14.6.